The first-order chi connectivity index (χ1) is 3.92. The molecule has 0 rings (SSSR count). The lowest BCUT2D eigenvalue weighted by Gasteiger charge is -1.97. The number of hydrogen-bond donors (Lipinski definition) is 2. The lowest BCUT2D eigenvalue weighted by molar-refractivity contribution is 0.251. The van der Waals surface area contributed by atoms with Crippen molar-refractivity contribution in [3.63, 3.8) is 0 Å². The molecule has 0 aromatic carbocycles. The normalized spacial score (nSPS) is 15.4. The summed E-state index contributed by atoms with van der Waals surface area (Å²) < 4.78 is 27.9. The van der Waals surface area contributed by atoms with E-state index >= 15 is 0 Å². The van der Waals surface area contributed by atoms with Crippen LogP contribution in [0.4, 0.5) is 0 Å². The molecule has 0 spiro atoms. The van der Waals surface area contributed by atoms with Gasteiger partial charge in [0.15, 0.2) is 0 Å². The van der Waals surface area contributed by atoms with Crippen LogP contribution in [0.25, 0.3) is 0 Å². The summed E-state index contributed by atoms with van der Waals surface area (Å²) in [6.07, 6.45) is -0.152. The van der Waals surface area contributed by atoms with Crippen LogP contribution in [0.5, 0.6) is 0 Å². The van der Waals surface area contributed by atoms with E-state index < -0.39 is 21.4 Å². The number of halogens is 1. The molecule has 0 aliphatic carbocycles. The molecule has 0 aliphatic rings. The Morgan fingerprint density at radius 1 is 1.56 bits per heavy atom. The molecule has 0 aromatic rings. The Morgan fingerprint density at radius 3 is 2.11 bits per heavy atom. The fraction of sp³-hybridized carbons (Fsp3) is 1.00. The largest absolute Gasteiger partial charge is 0.378 e. The van der Waals surface area contributed by atoms with Crippen molar-refractivity contribution < 1.29 is 18.1 Å². The molecule has 0 aliphatic heterocycles. The van der Waals surface area contributed by atoms with Crippen LogP contribution in [0.2, 0.25) is 0 Å². The molecule has 0 heterocycles. The van der Waals surface area contributed by atoms with E-state index in [9.17, 15) is 8.42 Å². The van der Waals surface area contributed by atoms with Gasteiger partial charge in [-0.05, 0) is 0 Å². The van der Waals surface area contributed by atoms with Crippen molar-refractivity contribution in [1.29, 1.82) is 0 Å². The van der Waals surface area contributed by atoms with Crippen molar-refractivity contribution in [1.82, 2.24) is 0 Å². The van der Waals surface area contributed by atoms with E-state index in [2.05, 4.69) is 0 Å². The monoisotopic (exact) mass is 174 g/mol. The van der Waals surface area contributed by atoms with Crippen molar-refractivity contribution >= 4 is 21.7 Å². The van der Waals surface area contributed by atoms with Gasteiger partial charge in [-0.25, -0.2) is 0 Å². The Balaban J connectivity index is 3.53. The maximum atomic E-state index is 9.92. The van der Waals surface area contributed by atoms with Crippen LogP contribution in [-0.2, 0) is 10.1 Å². The summed E-state index contributed by atoms with van der Waals surface area (Å²) in [6, 6.07) is 0. The number of aliphatic hydroxyl groups is 1. The highest BCUT2D eigenvalue weighted by molar-refractivity contribution is 7.85. The van der Waals surface area contributed by atoms with Gasteiger partial charge >= 0.3 is 0 Å². The second-order valence-electron chi connectivity index (χ2n) is 1.51. The molecule has 0 saturated heterocycles. The average Bonchev–Trinajstić information content (AvgIpc) is 1.59. The minimum Gasteiger partial charge on any atom is -0.378 e. The zero-order chi connectivity index (χ0) is 7.49. The van der Waals surface area contributed by atoms with Crippen LogP contribution in [0.1, 0.15) is 6.42 Å². The lowest BCUT2D eigenvalue weighted by atomic mass is 10.5. The standard InChI is InChI=1S/C3H7ClO4S/c4-3(5)1-2-9(6,7)8/h3,5H,1-2H2,(H,6,7,8). The first kappa shape index (κ1) is 9.16. The molecule has 0 radical (unpaired) electrons. The van der Waals surface area contributed by atoms with Crippen LogP contribution in [0.3, 0.4) is 0 Å². The van der Waals surface area contributed by atoms with Crippen molar-refractivity contribution in [2.24, 2.45) is 0 Å². The van der Waals surface area contributed by atoms with E-state index in [1.807, 2.05) is 0 Å². The highest BCUT2D eigenvalue weighted by Gasteiger charge is 2.06. The molecule has 6 heteroatoms. The zero-order valence-electron chi connectivity index (χ0n) is 4.49. The fourth-order valence-electron chi connectivity index (χ4n) is 0.246. The summed E-state index contributed by atoms with van der Waals surface area (Å²) in [6.45, 7) is 0. The van der Waals surface area contributed by atoms with Crippen molar-refractivity contribution in [2.75, 3.05) is 5.75 Å². The molecule has 0 saturated carbocycles. The molecule has 0 amide bonds. The Bertz CT molecular complexity index is 161. The molecule has 0 aromatic heterocycles. The minimum atomic E-state index is -3.96. The molecule has 2 N–H and O–H groups in total. The Labute approximate surface area is 58.2 Å². The first-order valence-electron chi connectivity index (χ1n) is 2.19. The quantitative estimate of drug-likeness (QED) is 0.460. The second kappa shape index (κ2) is 3.36. The lowest BCUT2D eigenvalue weighted by Crippen LogP contribution is -2.09. The topological polar surface area (TPSA) is 74.6 Å². The van der Waals surface area contributed by atoms with Crippen LogP contribution >= 0.6 is 11.6 Å². The first-order valence-corrected chi connectivity index (χ1v) is 4.23. The maximum absolute atomic E-state index is 9.92. The van der Waals surface area contributed by atoms with Gasteiger partial charge in [0.2, 0.25) is 0 Å². The molecule has 4 nitrogen and oxygen atoms in total. The number of hydrogen-bond acceptors (Lipinski definition) is 3. The summed E-state index contributed by atoms with van der Waals surface area (Å²) in [7, 11) is -3.96. The predicted molar refractivity (Wildman–Crippen MR) is 32.9 cm³/mol. The van der Waals surface area contributed by atoms with Crippen LogP contribution < -0.4 is 0 Å². The third-order valence-electron chi connectivity index (χ3n) is 0.614. The average molecular weight is 175 g/mol. The van der Waals surface area contributed by atoms with Gasteiger partial charge in [-0.2, -0.15) is 8.42 Å². The summed E-state index contributed by atoms with van der Waals surface area (Å²) in [4.78, 5) is 0. The third kappa shape index (κ3) is 8.16. The van der Waals surface area contributed by atoms with Crippen LogP contribution in [-0.4, -0.2) is 29.4 Å². The zero-order valence-corrected chi connectivity index (χ0v) is 6.06. The molecule has 56 valence electrons. The van der Waals surface area contributed by atoms with E-state index in [1.54, 1.807) is 0 Å². The molecule has 1 atom stereocenters. The van der Waals surface area contributed by atoms with Gasteiger partial charge in [-0.1, -0.05) is 11.6 Å². The van der Waals surface area contributed by atoms with Gasteiger partial charge in [0.1, 0.15) is 5.56 Å². The summed E-state index contributed by atoms with van der Waals surface area (Å²) in [5.74, 6) is -0.502. The van der Waals surface area contributed by atoms with Gasteiger partial charge in [0, 0.05) is 6.42 Å². The van der Waals surface area contributed by atoms with Crippen molar-refractivity contribution in [3.8, 4) is 0 Å². The van der Waals surface area contributed by atoms with E-state index in [4.69, 9.17) is 21.3 Å². The molecule has 1 unspecified atom stereocenters. The van der Waals surface area contributed by atoms with Gasteiger partial charge in [0.25, 0.3) is 10.1 Å². The molecule has 0 bridgehead atoms. The van der Waals surface area contributed by atoms with Crippen molar-refractivity contribution in [3.05, 3.63) is 0 Å². The van der Waals surface area contributed by atoms with Crippen LogP contribution in [0, 0.1) is 0 Å². The minimum absolute atomic E-state index is 0.152. The smallest absolute Gasteiger partial charge is 0.264 e. The molecule has 0 fully saturated rings. The summed E-state index contributed by atoms with van der Waals surface area (Å²) >= 11 is 4.96. The summed E-state index contributed by atoms with van der Waals surface area (Å²) in [5, 5.41) is 8.31. The van der Waals surface area contributed by atoms with E-state index in [1.165, 1.54) is 0 Å². The highest BCUT2D eigenvalue weighted by Crippen LogP contribution is 1.98. The SMILES string of the molecule is O=S(=O)(O)CCC(O)Cl. The Hall–Kier alpha value is 0.160. The number of aliphatic hydroxyl groups excluding tert-OH is 1. The van der Waals surface area contributed by atoms with Crippen LogP contribution in [0.15, 0.2) is 0 Å². The molecular weight excluding hydrogens is 168 g/mol. The third-order valence-corrected chi connectivity index (χ3v) is 1.58. The van der Waals surface area contributed by atoms with Gasteiger partial charge in [-0.3, -0.25) is 4.55 Å². The van der Waals surface area contributed by atoms with E-state index in [-0.39, 0.29) is 6.42 Å². The van der Waals surface area contributed by atoms with Gasteiger partial charge in [-0.15, -0.1) is 0 Å². The van der Waals surface area contributed by atoms with Gasteiger partial charge in [0.05, 0.1) is 5.75 Å². The molecular formula is C3H7ClO4S. The van der Waals surface area contributed by atoms with E-state index in [0.717, 1.165) is 0 Å². The maximum Gasteiger partial charge on any atom is 0.264 e. The Kier molecular flexibility index (Phi) is 3.42. The number of rotatable bonds is 3. The van der Waals surface area contributed by atoms with E-state index in [0.29, 0.717) is 0 Å². The number of alkyl halides is 1. The fourth-order valence-corrected chi connectivity index (χ4v) is 1.01. The van der Waals surface area contributed by atoms with Gasteiger partial charge < -0.3 is 5.11 Å². The van der Waals surface area contributed by atoms with Crippen molar-refractivity contribution in [2.45, 2.75) is 12.0 Å². The predicted octanol–water partition coefficient (Wildman–Crippen LogP) is -0.179. The summed E-state index contributed by atoms with van der Waals surface area (Å²) in [5.41, 5.74) is -1.20. The Morgan fingerprint density at radius 2 is 2.00 bits per heavy atom. The molecule has 9 heavy (non-hydrogen) atoms. The highest BCUT2D eigenvalue weighted by atomic mass is 35.5. The second-order valence-corrected chi connectivity index (χ2v) is 3.59.